The molecular formula is C10H19NO2. The van der Waals surface area contributed by atoms with Gasteiger partial charge in [-0.2, -0.15) is 0 Å². The molecule has 0 aromatic carbocycles. The SMILES string of the molecule is COC1CCCC1C1(CO)CNC1. The molecule has 3 heteroatoms. The van der Waals surface area contributed by atoms with Gasteiger partial charge in [0.1, 0.15) is 0 Å². The summed E-state index contributed by atoms with van der Waals surface area (Å²) in [6.07, 6.45) is 4.03. The van der Waals surface area contributed by atoms with Crippen LogP contribution < -0.4 is 5.32 Å². The summed E-state index contributed by atoms with van der Waals surface area (Å²) in [5.41, 5.74) is 0.136. The fourth-order valence-corrected chi connectivity index (χ4v) is 2.85. The summed E-state index contributed by atoms with van der Waals surface area (Å²) in [5.74, 6) is 0.573. The molecule has 2 N–H and O–H groups in total. The number of hydrogen-bond acceptors (Lipinski definition) is 3. The molecule has 2 aliphatic rings. The Morgan fingerprint density at radius 2 is 2.23 bits per heavy atom. The second kappa shape index (κ2) is 3.56. The summed E-state index contributed by atoms with van der Waals surface area (Å²) in [5, 5.41) is 12.7. The number of hydrogen-bond donors (Lipinski definition) is 2. The van der Waals surface area contributed by atoms with Gasteiger partial charge in [0.05, 0.1) is 12.7 Å². The average Bonchev–Trinajstić information content (AvgIpc) is 2.52. The highest BCUT2D eigenvalue weighted by Crippen LogP contribution is 2.43. The number of aliphatic hydroxyl groups is 1. The highest BCUT2D eigenvalue weighted by Gasteiger charge is 2.48. The first-order chi connectivity index (χ1) is 6.32. The van der Waals surface area contributed by atoms with E-state index in [-0.39, 0.29) is 5.41 Å². The van der Waals surface area contributed by atoms with Gasteiger partial charge in [0.25, 0.3) is 0 Å². The summed E-state index contributed by atoms with van der Waals surface area (Å²) < 4.78 is 5.47. The van der Waals surface area contributed by atoms with E-state index < -0.39 is 0 Å². The lowest BCUT2D eigenvalue weighted by Gasteiger charge is -2.47. The van der Waals surface area contributed by atoms with Crippen molar-refractivity contribution in [3.05, 3.63) is 0 Å². The Balaban J connectivity index is 2.05. The van der Waals surface area contributed by atoms with E-state index in [0.29, 0.717) is 18.6 Å². The Labute approximate surface area is 79.5 Å². The maximum Gasteiger partial charge on any atom is 0.0606 e. The number of aliphatic hydroxyl groups excluding tert-OH is 1. The topological polar surface area (TPSA) is 41.5 Å². The third-order valence-electron chi connectivity index (χ3n) is 3.81. The zero-order chi connectivity index (χ0) is 9.31. The molecule has 2 atom stereocenters. The first-order valence-corrected chi connectivity index (χ1v) is 5.17. The summed E-state index contributed by atoms with van der Waals surface area (Å²) >= 11 is 0. The molecule has 0 spiro atoms. The molecule has 1 saturated carbocycles. The van der Waals surface area contributed by atoms with Crippen LogP contribution in [0.25, 0.3) is 0 Å². The first kappa shape index (κ1) is 9.44. The van der Waals surface area contributed by atoms with E-state index in [1.54, 1.807) is 7.11 Å². The second-order valence-corrected chi connectivity index (χ2v) is 4.44. The fraction of sp³-hybridized carbons (Fsp3) is 1.00. The minimum atomic E-state index is 0.136. The van der Waals surface area contributed by atoms with Gasteiger partial charge < -0.3 is 15.2 Å². The van der Waals surface area contributed by atoms with Crippen molar-refractivity contribution < 1.29 is 9.84 Å². The van der Waals surface area contributed by atoms with Gasteiger partial charge in [-0.3, -0.25) is 0 Å². The molecule has 0 radical (unpaired) electrons. The summed E-state index contributed by atoms with van der Waals surface area (Å²) in [6.45, 7) is 2.24. The van der Waals surface area contributed by atoms with Crippen LogP contribution in [0.2, 0.25) is 0 Å². The van der Waals surface area contributed by atoms with Crippen molar-refractivity contribution in [1.82, 2.24) is 5.32 Å². The molecule has 13 heavy (non-hydrogen) atoms. The highest BCUT2D eigenvalue weighted by atomic mass is 16.5. The smallest absolute Gasteiger partial charge is 0.0606 e. The summed E-state index contributed by atoms with van der Waals surface area (Å²) in [6, 6.07) is 0. The standard InChI is InChI=1S/C10H19NO2/c1-13-9-4-2-3-8(9)10(7-12)5-11-6-10/h8-9,11-12H,2-7H2,1H3. The summed E-state index contributed by atoms with van der Waals surface area (Å²) in [7, 11) is 1.79. The van der Waals surface area contributed by atoms with Crippen LogP contribution in [0.5, 0.6) is 0 Å². The van der Waals surface area contributed by atoms with Crippen molar-refractivity contribution in [3.63, 3.8) is 0 Å². The van der Waals surface area contributed by atoms with Gasteiger partial charge in [-0.15, -0.1) is 0 Å². The molecule has 2 unspecified atom stereocenters. The van der Waals surface area contributed by atoms with Crippen molar-refractivity contribution in [2.24, 2.45) is 11.3 Å². The number of rotatable bonds is 3. The molecule has 2 fully saturated rings. The van der Waals surface area contributed by atoms with Gasteiger partial charge in [0.15, 0.2) is 0 Å². The van der Waals surface area contributed by atoms with Crippen molar-refractivity contribution in [2.75, 3.05) is 26.8 Å². The number of ether oxygens (including phenoxy) is 1. The number of methoxy groups -OCH3 is 1. The van der Waals surface area contributed by atoms with Crippen molar-refractivity contribution in [2.45, 2.75) is 25.4 Å². The molecule has 1 saturated heterocycles. The van der Waals surface area contributed by atoms with Gasteiger partial charge in [-0.25, -0.2) is 0 Å². The van der Waals surface area contributed by atoms with E-state index in [1.807, 2.05) is 0 Å². The highest BCUT2D eigenvalue weighted by molar-refractivity contribution is 5.01. The van der Waals surface area contributed by atoms with Crippen molar-refractivity contribution >= 4 is 0 Å². The van der Waals surface area contributed by atoms with E-state index in [2.05, 4.69) is 5.32 Å². The third-order valence-corrected chi connectivity index (χ3v) is 3.81. The van der Waals surface area contributed by atoms with E-state index >= 15 is 0 Å². The molecule has 2 rings (SSSR count). The Kier molecular flexibility index (Phi) is 2.58. The van der Waals surface area contributed by atoms with Crippen LogP contribution in [0, 0.1) is 11.3 Å². The largest absolute Gasteiger partial charge is 0.396 e. The van der Waals surface area contributed by atoms with Crippen molar-refractivity contribution in [1.29, 1.82) is 0 Å². The molecule has 1 aliphatic heterocycles. The maximum atomic E-state index is 9.41. The van der Waals surface area contributed by atoms with Gasteiger partial charge in [0.2, 0.25) is 0 Å². The zero-order valence-corrected chi connectivity index (χ0v) is 8.25. The zero-order valence-electron chi connectivity index (χ0n) is 8.25. The molecule has 0 amide bonds. The molecule has 1 aliphatic carbocycles. The van der Waals surface area contributed by atoms with Crippen LogP contribution in [0.4, 0.5) is 0 Å². The van der Waals surface area contributed by atoms with Crippen LogP contribution in [0.3, 0.4) is 0 Å². The molecule has 0 aromatic heterocycles. The minimum absolute atomic E-state index is 0.136. The lowest BCUT2D eigenvalue weighted by atomic mass is 9.69. The number of nitrogens with one attached hydrogen (secondary N) is 1. The normalized spacial score (nSPS) is 37.4. The Morgan fingerprint density at radius 3 is 2.69 bits per heavy atom. The van der Waals surface area contributed by atoms with Crippen LogP contribution in [0.15, 0.2) is 0 Å². The molecule has 76 valence electrons. The molecule has 0 aromatic rings. The fourth-order valence-electron chi connectivity index (χ4n) is 2.85. The van der Waals surface area contributed by atoms with Crippen LogP contribution in [-0.4, -0.2) is 38.0 Å². The van der Waals surface area contributed by atoms with Crippen LogP contribution >= 0.6 is 0 Å². The molecule has 1 heterocycles. The predicted octanol–water partition coefficient (Wildman–Crippen LogP) is 0.383. The van der Waals surface area contributed by atoms with Gasteiger partial charge >= 0.3 is 0 Å². The van der Waals surface area contributed by atoms with E-state index in [0.717, 1.165) is 13.1 Å². The van der Waals surface area contributed by atoms with Gasteiger partial charge in [-0.1, -0.05) is 6.42 Å². The maximum absolute atomic E-state index is 9.41. The lowest BCUT2D eigenvalue weighted by molar-refractivity contribution is -0.0517. The average molecular weight is 185 g/mol. The van der Waals surface area contributed by atoms with E-state index in [9.17, 15) is 5.11 Å². The van der Waals surface area contributed by atoms with Crippen LogP contribution in [0.1, 0.15) is 19.3 Å². The second-order valence-electron chi connectivity index (χ2n) is 4.44. The third kappa shape index (κ3) is 1.39. The molecule has 3 nitrogen and oxygen atoms in total. The monoisotopic (exact) mass is 185 g/mol. The summed E-state index contributed by atoms with van der Waals surface area (Å²) in [4.78, 5) is 0. The minimum Gasteiger partial charge on any atom is -0.396 e. The Hall–Kier alpha value is -0.120. The molecular weight excluding hydrogens is 166 g/mol. The molecule has 0 bridgehead atoms. The van der Waals surface area contributed by atoms with Crippen molar-refractivity contribution in [3.8, 4) is 0 Å². The predicted molar refractivity (Wildman–Crippen MR) is 50.5 cm³/mol. The first-order valence-electron chi connectivity index (χ1n) is 5.17. The lowest BCUT2D eigenvalue weighted by Crippen LogP contribution is -2.61. The van der Waals surface area contributed by atoms with Gasteiger partial charge in [0, 0.05) is 25.6 Å². The van der Waals surface area contributed by atoms with Crippen LogP contribution in [-0.2, 0) is 4.74 Å². The van der Waals surface area contributed by atoms with E-state index in [4.69, 9.17) is 4.74 Å². The van der Waals surface area contributed by atoms with Gasteiger partial charge in [-0.05, 0) is 18.8 Å². The Bertz CT molecular complexity index is 174. The Morgan fingerprint density at radius 1 is 1.46 bits per heavy atom. The quantitative estimate of drug-likeness (QED) is 0.668. The van der Waals surface area contributed by atoms with E-state index in [1.165, 1.54) is 19.3 Å².